The molecular formula is C12H14F3NO2. The first kappa shape index (κ1) is 14.5. The molecule has 3 nitrogen and oxygen atoms in total. The number of alkyl halides is 3. The average molecular weight is 261 g/mol. The van der Waals surface area contributed by atoms with Gasteiger partial charge < -0.3 is 10.5 Å². The molecule has 18 heavy (non-hydrogen) atoms. The zero-order valence-electron chi connectivity index (χ0n) is 10.0. The van der Waals surface area contributed by atoms with Crippen molar-refractivity contribution in [1.29, 1.82) is 0 Å². The topological polar surface area (TPSA) is 52.3 Å². The summed E-state index contributed by atoms with van der Waals surface area (Å²) in [6, 6.07) is 5.19. The van der Waals surface area contributed by atoms with E-state index in [1.165, 1.54) is 31.4 Å². The molecule has 0 spiro atoms. The number of Topliss-reactive ketones (excluding diaryl/α,β-unsaturated/α-hetero) is 1. The fraction of sp³-hybridized carbons (Fsp3) is 0.417. The number of hydrogen-bond donors (Lipinski definition) is 1. The highest BCUT2D eigenvalue weighted by Crippen LogP contribution is 2.40. The summed E-state index contributed by atoms with van der Waals surface area (Å²) in [5, 5.41) is 0. The van der Waals surface area contributed by atoms with Crippen molar-refractivity contribution in [1.82, 2.24) is 0 Å². The molecule has 2 N–H and O–H groups in total. The first-order valence-electron chi connectivity index (χ1n) is 5.20. The Labute approximate surface area is 103 Å². The lowest BCUT2D eigenvalue weighted by Gasteiger charge is -2.31. The van der Waals surface area contributed by atoms with E-state index in [1.807, 2.05) is 0 Å². The third-order valence-electron chi connectivity index (χ3n) is 2.64. The van der Waals surface area contributed by atoms with Crippen molar-refractivity contribution in [3.63, 3.8) is 0 Å². The van der Waals surface area contributed by atoms with Gasteiger partial charge in [-0.25, -0.2) is 0 Å². The minimum atomic E-state index is -4.70. The summed E-state index contributed by atoms with van der Waals surface area (Å²) in [6.07, 6.45) is -5.49. The minimum Gasteiger partial charge on any atom is -0.497 e. The van der Waals surface area contributed by atoms with E-state index in [4.69, 9.17) is 10.5 Å². The van der Waals surface area contributed by atoms with Gasteiger partial charge in [0.25, 0.3) is 0 Å². The maximum absolute atomic E-state index is 13.0. The Morgan fingerprint density at radius 2 is 1.78 bits per heavy atom. The van der Waals surface area contributed by atoms with Crippen molar-refractivity contribution >= 4 is 5.78 Å². The van der Waals surface area contributed by atoms with Gasteiger partial charge in [-0.15, -0.1) is 0 Å². The number of carbonyl (C=O) groups excluding carboxylic acids is 1. The van der Waals surface area contributed by atoms with Crippen molar-refractivity contribution in [3.8, 4) is 5.75 Å². The average Bonchev–Trinajstić information content (AvgIpc) is 2.26. The second-order valence-corrected chi connectivity index (χ2v) is 4.08. The van der Waals surface area contributed by atoms with Gasteiger partial charge in [0.1, 0.15) is 17.1 Å². The summed E-state index contributed by atoms with van der Waals surface area (Å²) < 4.78 is 43.9. The van der Waals surface area contributed by atoms with Gasteiger partial charge in [0.15, 0.2) is 0 Å². The molecule has 0 amide bonds. The van der Waals surface area contributed by atoms with Gasteiger partial charge in [-0.3, -0.25) is 4.79 Å². The van der Waals surface area contributed by atoms with E-state index >= 15 is 0 Å². The monoisotopic (exact) mass is 261 g/mol. The highest BCUT2D eigenvalue weighted by molar-refractivity contribution is 5.77. The van der Waals surface area contributed by atoms with E-state index in [1.54, 1.807) is 0 Å². The van der Waals surface area contributed by atoms with Gasteiger partial charge in [0, 0.05) is 6.42 Å². The number of benzene rings is 1. The molecule has 0 saturated heterocycles. The maximum Gasteiger partial charge on any atom is 0.411 e. The molecule has 0 radical (unpaired) electrons. The molecule has 0 aliphatic heterocycles. The summed E-state index contributed by atoms with van der Waals surface area (Å²) in [4.78, 5) is 11.0. The van der Waals surface area contributed by atoms with Crippen molar-refractivity contribution in [3.05, 3.63) is 29.8 Å². The molecule has 0 fully saturated rings. The summed E-state index contributed by atoms with van der Waals surface area (Å²) in [5.41, 5.74) is 2.58. The smallest absolute Gasteiger partial charge is 0.411 e. The third kappa shape index (κ3) is 2.81. The second kappa shape index (κ2) is 4.97. The standard InChI is InChI=1S/C12H14F3NO2/c1-8(17)7-11(16,12(13,14)15)9-3-5-10(18-2)6-4-9/h3-6H,7,16H2,1-2H3/t11-/m1/s1. The molecule has 0 aromatic heterocycles. The van der Waals surface area contributed by atoms with E-state index in [9.17, 15) is 18.0 Å². The van der Waals surface area contributed by atoms with Gasteiger partial charge in [0.2, 0.25) is 0 Å². The summed E-state index contributed by atoms with van der Waals surface area (Å²) in [7, 11) is 1.41. The lowest BCUT2D eigenvalue weighted by atomic mass is 9.85. The Morgan fingerprint density at radius 1 is 1.28 bits per heavy atom. The molecule has 0 unspecified atom stereocenters. The maximum atomic E-state index is 13.0. The van der Waals surface area contributed by atoms with Crippen LogP contribution in [0.15, 0.2) is 24.3 Å². The van der Waals surface area contributed by atoms with Crippen LogP contribution in [0.25, 0.3) is 0 Å². The zero-order chi connectivity index (χ0) is 14.0. The van der Waals surface area contributed by atoms with Crippen LogP contribution in [0.5, 0.6) is 5.75 Å². The number of rotatable bonds is 4. The quantitative estimate of drug-likeness (QED) is 0.905. The summed E-state index contributed by atoms with van der Waals surface area (Å²) in [5.74, 6) is -0.197. The van der Waals surface area contributed by atoms with Crippen LogP contribution in [0.1, 0.15) is 18.9 Å². The van der Waals surface area contributed by atoms with Crippen LogP contribution in [0, 0.1) is 0 Å². The van der Waals surface area contributed by atoms with Crippen molar-refractivity contribution in [2.45, 2.75) is 25.1 Å². The molecule has 0 saturated carbocycles. The highest BCUT2D eigenvalue weighted by Gasteiger charge is 2.53. The third-order valence-corrected chi connectivity index (χ3v) is 2.64. The molecule has 1 rings (SSSR count). The van der Waals surface area contributed by atoms with Gasteiger partial charge in [-0.05, 0) is 24.6 Å². The predicted molar refractivity (Wildman–Crippen MR) is 60.2 cm³/mol. The number of carbonyl (C=O) groups is 1. The first-order chi connectivity index (χ1) is 8.20. The molecule has 1 atom stereocenters. The van der Waals surface area contributed by atoms with Gasteiger partial charge in [-0.1, -0.05) is 12.1 Å². The van der Waals surface area contributed by atoms with Crippen LogP contribution in [-0.2, 0) is 10.3 Å². The van der Waals surface area contributed by atoms with Crippen molar-refractivity contribution < 1.29 is 22.7 Å². The second-order valence-electron chi connectivity index (χ2n) is 4.08. The molecule has 0 heterocycles. The normalized spacial score (nSPS) is 15.0. The van der Waals surface area contributed by atoms with Crippen molar-refractivity contribution in [2.24, 2.45) is 5.73 Å². The van der Waals surface area contributed by atoms with Crippen LogP contribution < -0.4 is 10.5 Å². The van der Waals surface area contributed by atoms with Gasteiger partial charge in [-0.2, -0.15) is 13.2 Å². The Bertz CT molecular complexity index is 428. The Kier molecular flexibility index (Phi) is 4.01. The molecule has 100 valence electrons. The van der Waals surface area contributed by atoms with Gasteiger partial charge >= 0.3 is 6.18 Å². The summed E-state index contributed by atoms with van der Waals surface area (Å²) >= 11 is 0. The molecular weight excluding hydrogens is 247 g/mol. The van der Waals surface area contributed by atoms with Gasteiger partial charge in [0.05, 0.1) is 7.11 Å². The van der Waals surface area contributed by atoms with Crippen LogP contribution in [0.2, 0.25) is 0 Å². The number of methoxy groups -OCH3 is 1. The SMILES string of the molecule is COc1ccc([C@](N)(CC(C)=O)C(F)(F)F)cc1. The van der Waals surface area contributed by atoms with Crippen LogP contribution in [0.4, 0.5) is 13.2 Å². The summed E-state index contributed by atoms with van der Waals surface area (Å²) in [6.45, 7) is 1.08. The fourth-order valence-electron chi connectivity index (χ4n) is 1.65. The highest BCUT2D eigenvalue weighted by atomic mass is 19.4. The van der Waals surface area contributed by atoms with E-state index in [2.05, 4.69) is 0 Å². The molecule has 1 aromatic carbocycles. The van der Waals surface area contributed by atoms with Crippen LogP contribution in [-0.4, -0.2) is 19.1 Å². The van der Waals surface area contributed by atoms with E-state index in [-0.39, 0.29) is 5.56 Å². The fourth-order valence-corrected chi connectivity index (χ4v) is 1.65. The van der Waals surface area contributed by atoms with E-state index in [0.717, 1.165) is 6.92 Å². The molecule has 6 heteroatoms. The lowest BCUT2D eigenvalue weighted by Crippen LogP contribution is -2.51. The number of halogens is 3. The first-order valence-corrected chi connectivity index (χ1v) is 5.20. The lowest BCUT2D eigenvalue weighted by molar-refractivity contribution is -0.192. The minimum absolute atomic E-state index is 0.161. The number of ketones is 1. The largest absolute Gasteiger partial charge is 0.497 e. The Morgan fingerprint density at radius 3 is 2.11 bits per heavy atom. The van der Waals surface area contributed by atoms with E-state index in [0.29, 0.717) is 5.75 Å². The predicted octanol–water partition coefficient (Wildman–Crippen LogP) is 2.39. The molecule has 0 bridgehead atoms. The number of ether oxygens (including phenoxy) is 1. The molecule has 1 aromatic rings. The van der Waals surface area contributed by atoms with Crippen LogP contribution in [0.3, 0.4) is 0 Å². The van der Waals surface area contributed by atoms with E-state index < -0.39 is 23.9 Å². The van der Waals surface area contributed by atoms with Crippen molar-refractivity contribution in [2.75, 3.05) is 7.11 Å². The molecule has 0 aliphatic rings. The zero-order valence-corrected chi connectivity index (χ0v) is 10.0. The Balaban J connectivity index is 3.21. The number of hydrogen-bond acceptors (Lipinski definition) is 3. The number of nitrogens with two attached hydrogens (primary N) is 1. The van der Waals surface area contributed by atoms with Crippen LogP contribution >= 0.6 is 0 Å². The molecule has 0 aliphatic carbocycles. The Hall–Kier alpha value is -1.56.